The van der Waals surface area contributed by atoms with Gasteiger partial charge in [-0.2, -0.15) is 0 Å². The van der Waals surface area contributed by atoms with Gasteiger partial charge in [-0.05, 0) is 23.3 Å². The Bertz CT molecular complexity index is 342. The zero-order valence-corrected chi connectivity index (χ0v) is 7.27. The van der Waals surface area contributed by atoms with Gasteiger partial charge in [0.25, 0.3) is 0 Å². The number of hydrogen-bond donors (Lipinski definition) is 1. The summed E-state index contributed by atoms with van der Waals surface area (Å²) in [5, 5.41) is 19.9. The summed E-state index contributed by atoms with van der Waals surface area (Å²) in [5.41, 5.74) is -0.821. The van der Waals surface area contributed by atoms with Crippen molar-refractivity contribution < 1.29 is 9.90 Å². The van der Waals surface area contributed by atoms with E-state index in [1.165, 1.54) is 4.68 Å². The molecule has 13 heavy (non-hydrogen) atoms. The number of aryl methyl sites for hydroxylation is 1. The maximum absolute atomic E-state index is 11.0. The fourth-order valence-corrected chi connectivity index (χ4v) is 1.70. The fraction of sp³-hybridized carbons (Fsp3) is 0.714. The van der Waals surface area contributed by atoms with Crippen molar-refractivity contribution in [3.05, 3.63) is 5.82 Å². The molecule has 0 saturated heterocycles. The van der Waals surface area contributed by atoms with Crippen molar-refractivity contribution in [3.63, 3.8) is 0 Å². The van der Waals surface area contributed by atoms with E-state index in [-0.39, 0.29) is 0 Å². The van der Waals surface area contributed by atoms with Gasteiger partial charge in [0, 0.05) is 7.05 Å². The molecule has 1 fully saturated rings. The molecular weight excluding hydrogens is 172 g/mol. The van der Waals surface area contributed by atoms with Crippen LogP contribution >= 0.6 is 0 Å². The molecule has 0 radical (unpaired) electrons. The van der Waals surface area contributed by atoms with E-state index >= 15 is 0 Å². The molecule has 0 unspecified atom stereocenters. The first kappa shape index (κ1) is 8.15. The summed E-state index contributed by atoms with van der Waals surface area (Å²) in [7, 11) is 1.67. The Morgan fingerprint density at radius 1 is 1.62 bits per heavy atom. The molecule has 1 aromatic heterocycles. The minimum Gasteiger partial charge on any atom is -0.480 e. The van der Waals surface area contributed by atoms with Crippen LogP contribution in [0.5, 0.6) is 0 Å². The molecule has 1 heterocycles. The highest BCUT2D eigenvalue weighted by atomic mass is 16.4. The average molecular weight is 182 g/mol. The Morgan fingerprint density at radius 3 is 2.62 bits per heavy atom. The largest absolute Gasteiger partial charge is 0.480 e. The van der Waals surface area contributed by atoms with E-state index < -0.39 is 11.4 Å². The molecule has 2 rings (SSSR count). The predicted octanol–water partition coefficient (Wildman–Crippen LogP) is -0.284. The smallest absolute Gasteiger partial charge is 0.317 e. The van der Waals surface area contributed by atoms with E-state index in [4.69, 9.17) is 5.11 Å². The first-order chi connectivity index (χ1) is 6.17. The van der Waals surface area contributed by atoms with Crippen LogP contribution in [0.25, 0.3) is 0 Å². The normalized spacial score (nSPS) is 19.5. The van der Waals surface area contributed by atoms with Gasteiger partial charge in [0.1, 0.15) is 5.41 Å². The van der Waals surface area contributed by atoms with Crippen molar-refractivity contribution in [2.75, 3.05) is 0 Å². The van der Waals surface area contributed by atoms with Crippen LogP contribution < -0.4 is 0 Å². The zero-order valence-electron chi connectivity index (χ0n) is 7.27. The Balaban J connectivity index is 2.43. The van der Waals surface area contributed by atoms with E-state index in [2.05, 4.69) is 15.5 Å². The molecule has 0 amide bonds. The van der Waals surface area contributed by atoms with Gasteiger partial charge < -0.3 is 5.11 Å². The molecular formula is C7H10N4O2. The molecule has 1 N–H and O–H groups in total. The minimum atomic E-state index is -0.823. The number of tetrazole rings is 1. The molecule has 6 nitrogen and oxygen atoms in total. The highest BCUT2D eigenvalue weighted by Gasteiger charge is 2.49. The molecule has 0 spiro atoms. The van der Waals surface area contributed by atoms with Crippen LogP contribution in [0.15, 0.2) is 0 Å². The average Bonchev–Trinajstić information content (AvgIpc) is 2.34. The second-order valence-electron chi connectivity index (χ2n) is 3.37. The Morgan fingerprint density at radius 2 is 2.31 bits per heavy atom. The summed E-state index contributed by atoms with van der Waals surface area (Å²) in [5.74, 6) is -0.358. The second-order valence-corrected chi connectivity index (χ2v) is 3.37. The number of carboxylic acid groups (broad SMARTS) is 1. The number of carboxylic acids is 1. The molecule has 1 aliphatic rings. The zero-order chi connectivity index (χ0) is 9.47. The standard InChI is InChI=1S/C7H10N4O2/c1-11-5(8-9-10-11)7(6(12)13)3-2-4-7/h2-4H2,1H3,(H,12,13). The van der Waals surface area contributed by atoms with Gasteiger partial charge in [-0.15, -0.1) is 5.10 Å². The molecule has 1 aliphatic carbocycles. The van der Waals surface area contributed by atoms with E-state index in [0.29, 0.717) is 18.7 Å². The summed E-state index contributed by atoms with van der Waals surface area (Å²) < 4.78 is 1.44. The number of hydrogen-bond acceptors (Lipinski definition) is 4. The summed E-state index contributed by atoms with van der Waals surface area (Å²) in [6.07, 6.45) is 2.20. The van der Waals surface area contributed by atoms with Gasteiger partial charge in [-0.25, -0.2) is 4.68 Å². The number of nitrogens with zero attached hydrogens (tertiary/aromatic N) is 4. The summed E-state index contributed by atoms with van der Waals surface area (Å²) >= 11 is 0. The van der Waals surface area contributed by atoms with Crippen molar-refractivity contribution in [2.45, 2.75) is 24.7 Å². The topological polar surface area (TPSA) is 80.9 Å². The maximum atomic E-state index is 11.0. The van der Waals surface area contributed by atoms with Gasteiger partial charge in [0.05, 0.1) is 0 Å². The maximum Gasteiger partial charge on any atom is 0.317 e. The van der Waals surface area contributed by atoms with Crippen molar-refractivity contribution in [1.29, 1.82) is 0 Å². The van der Waals surface area contributed by atoms with Gasteiger partial charge in [-0.3, -0.25) is 4.79 Å². The highest BCUT2D eigenvalue weighted by Crippen LogP contribution is 2.42. The lowest BCUT2D eigenvalue weighted by Gasteiger charge is -2.35. The SMILES string of the molecule is Cn1nnnc1C1(C(=O)O)CCC1. The molecule has 6 heteroatoms. The van der Waals surface area contributed by atoms with Crippen molar-refractivity contribution >= 4 is 5.97 Å². The van der Waals surface area contributed by atoms with Crippen LogP contribution in [0.3, 0.4) is 0 Å². The minimum absolute atomic E-state index is 0.464. The number of aliphatic carboxylic acids is 1. The van der Waals surface area contributed by atoms with Crippen molar-refractivity contribution in [3.8, 4) is 0 Å². The van der Waals surface area contributed by atoms with Crippen LogP contribution in [-0.2, 0) is 17.3 Å². The first-order valence-electron chi connectivity index (χ1n) is 4.13. The summed E-state index contributed by atoms with van der Waals surface area (Å²) in [6, 6.07) is 0. The molecule has 70 valence electrons. The first-order valence-corrected chi connectivity index (χ1v) is 4.13. The third-order valence-corrected chi connectivity index (χ3v) is 2.66. The third-order valence-electron chi connectivity index (χ3n) is 2.66. The second kappa shape index (κ2) is 2.51. The quantitative estimate of drug-likeness (QED) is 0.680. The lowest BCUT2D eigenvalue weighted by atomic mass is 9.68. The van der Waals surface area contributed by atoms with Crippen molar-refractivity contribution in [1.82, 2.24) is 20.2 Å². The Labute approximate surface area is 74.6 Å². The van der Waals surface area contributed by atoms with Gasteiger partial charge in [0.2, 0.25) is 0 Å². The van der Waals surface area contributed by atoms with Crippen LogP contribution in [0.1, 0.15) is 25.1 Å². The predicted molar refractivity (Wildman–Crippen MR) is 42.0 cm³/mol. The summed E-state index contributed by atoms with van der Waals surface area (Å²) in [6.45, 7) is 0. The van der Waals surface area contributed by atoms with Crippen LogP contribution in [0.4, 0.5) is 0 Å². The van der Waals surface area contributed by atoms with Crippen LogP contribution in [0, 0.1) is 0 Å². The van der Waals surface area contributed by atoms with Gasteiger partial charge in [-0.1, -0.05) is 6.42 Å². The van der Waals surface area contributed by atoms with Crippen LogP contribution in [-0.4, -0.2) is 31.3 Å². The lowest BCUT2D eigenvalue weighted by molar-refractivity contribution is -0.148. The molecule has 0 bridgehead atoms. The van der Waals surface area contributed by atoms with E-state index in [0.717, 1.165) is 6.42 Å². The molecule has 1 saturated carbocycles. The van der Waals surface area contributed by atoms with Crippen molar-refractivity contribution in [2.24, 2.45) is 7.05 Å². The summed E-state index contributed by atoms with van der Waals surface area (Å²) in [4.78, 5) is 11.0. The fourth-order valence-electron chi connectivity index (χ4n) is 1.70. The molecule has 1 aromatic rings. The number of aromatic nitrogens is 4. The monoisotopic (exact) mass is 182 g/mol. The van der Waals surface area contributed by atoms with E-state index in [1.54, 1.807) is 7.05 Å². The van der Waals surface area contributed by atoms with Gasteiger partial charge >= 0.3 is 5.97 Å². The lowest BCUT2D eigenvalue weighted by Crippen LogP contribution is -2.44. The molecule has 0 atom stereocenters. The number of carbonyl (C=O) groups is 1. The highest BCUT2D eigenvalue weighted by molar-refractivity contribution is 5.81. The number of rotatable bonds is 2. The van der Waals surface area contributed by atoms with Gasteiger partial charge in [0.15, 0.2) is 5.82 Å². The van der Waals surface area contributed by atoms with E-state index in [1.807, 2.05) is 0 Å². The third kappa shape index (κ3) is 0.944. The Hall–Kier alpha value is -1.46. The van der Waals surface area contributed by atoms with Crippen LogP contribution in [0.2, 0.25) is 0 Å². The Kier molecular flexibility index (Phi) is 1.58. The van der Waals surface area contributed by atoms with E-state index in [9.17, 15) is 4.79 Å². The molecule has 0 aromatic carbocycles. The molecule has 0 aliphatic heterocycles.